The summed E-state index contributed by atoms with van der Waals surface area (Å²) in [5.74, 6) is -1.24. The van der Waals surface area contributed by atoms with Gasteiger partial charge in [0, 0.05) is 17.7 Å². The smallest absolute Gasteiger partial charge is 0.258 e. The van der Waals surface area contributed by atoms with E-state index in [1.165, 1.54) is 50.3 Å². The van der Waals surface area contributed by atoms with Crippen molar-refractivity contribution < 1.29 is 19.5 Å². The maximum absolute atomic E-state index is 11.8. The Kier molecular flexibility index (Phi) is 3.08. The average Bonchev–Trinajstić information content (AvgIpc) is 2.67. The maximum Gasteiger partial charge on any atom is 0.258 e. The van der Waals surface area contributed by atoms with E-state index in [2.05, 4.69) is 0 Å². The van der Waals surface area contributed by atoms with E-state index >= 15 is 0 Å². The summed E-state index contributed by atoms with van der Waals surface area (Å²) in [7, 11) is 0. The Morgan fingerprint density at radius 3 is 1.95 bits per heavy atom. The zero-order valence-electron chi connectivity index (χ0n) is 10.6. The normalized spacial score (nSPS) is 15.2. The lowest BCUT2D eigenvalue weighted by molar-refractivity contribution is -0.119. The Labute approximate surface area is 110 Å². The van der Waals surface area contributed by atoms with E-state index < -0.39 is 23.2 Å². The molecule has 0 saturated heterocycles. The van der Waals surface area contributed by atoms with Gasteiger partial charge in [-0.05, 0) is 38.1 Å². The zero-order chi connectivity index (χ0) is 14.2. The minimum Gasteiger partial charge on any atom is -0.382 e. The largest absolute Gasteiger partial charge is 0.382 e. The van der Waals surface area contributed by atoms with Crippen LogP contribution in [-0.4, -0.2) is 28.3 Å². The van der Waals surface area contributed by atoms with E-state index in [0.29, 0.717) is 11.3 Å². The molecule has 0 fully saturated rings. The van der Waals surface area contributed by atoms with Gasteiger partial charge in [-0.15, -0.1) is 0 Å². The van der Waals surface area contributed by atoms with Crippen LogP contribution in [-0.2, 0) is 9.59 Å². The standard InChI is InChI=1S/C14H13NO4/c1-14(2,19)13(18)9-3-5-10(6-4-9)15-11(16)7-8-12(15)17/h3-8,19H,1-2H3. The molecule has 0 spiro atoms. The van der Waals surface area contributed by atoms with Crippen LogP contribution in [0.15, 0.2) is 36.4 Å². The summed E-state index contributed by atoms with van der Waals surface area (Å²) in [4.78, 5) is 35.8. The molecule has 0 atom stereocenters. The van der Waals surface area contributed by atoms with E-state index in [1.807, 2.05) is 0 Å². The van der Waals surface area contributed by atoms with Crippen molar-refractivity contribution in [3.05, 3.63) is 42.0 Å². The molecule has 0 radical (unpaired) electrons. The highest BCUT2D eigenvalue weighted by Crippen LogP contribution is 2.21. The molecule has 19 heavy (non-hydrogen) atoms. The Balaban J connectivity index is 2.27. The number of anilines is 1. The molecule has 1 aliphatic rings. The van der Waals surface area contributed by atoms with Crippen molar-refractivity contribution in [3.8, 4) is 0 Å². The van der Waals surface area contributed by atoms with Crippen LogP contribution in [0.25, 0.3) is 0 Å². The van der Waals surface area contributed by atoms with Crippen LogP contribution in [0, 0.1) is 0 Å². The molecule has 2 amide bonds. The monoisotopic (exact) mass is 259 g/mol. The molecule has 2 rings (SSSR count). The van der Waals surface area contributed by atoms with Gasteiger partial charge in [0.25, 0.3) is 11.8 Å². The van der Waals surface area contributed by atoms with E-state index in [0.717, 1.165) is 4.90 Å². The number of imide groups is 1. The van der Waals surface area contributed by atoms with Gasteiger partial charge >= 0.3 is 0 Å². The van der Waals surface area contributed by atoms with Gasteiger partial charge in [0.05, 0.1) is 5.69 Å². The summed E-state index contributed by atoms with van der Waals surface area (Å²) in [6.07, 6.45) is 2.39. The van der Waals surface area contributed by atoms with Crippen LogP contribution in [0.4, 0.5) is 5.69 Å². The van der Waals surface area contributed by atoms with Crippen LogP contribution in [0.3, 0.4) is 0 Å². The number of carbonyl (C=O) groups is 3. The quantitative estimate of drug-likeness (QED) is 0.651. The first-order valence-corrected chi connectivity index (χ1v) is 5.74. The van der Waals surface area contributed by atoms with Gasteiger partial charge in [0.2, 0.25) is 0 Å². The number of carbonyl (C=O) groups excluding carboxylic acids is 3. The second-order valence-electron chi connectivity index (χ2n) is 4.78. The first kappa shape index (κ1) is 13.2. The molecule has 0 aromatic heterocycles. The molecule has 1 aliphatic heterocycles. The summed E-state index contributed by atoms with van der Waals surface area (Å²) >= 11 is 0. The van der Waals surface area contributed by atoms with Gasteiger partial charge in [-0.2, -0.15) is 0 Å². The summed E-state index contributed by atoms with van der Waals surface area (Å²) in [6, 6.07) is 5.96. The topological polar surface area (TPSA) is 74.7 Å². The molecular weight excluding hydrogens is 246 g/mol. The van der Waals surface area contributed by atoms with Gasteiger partial charge in [-0.1, -0.05) is 0 Å². The lowest BCUT2D eigenvalue weighted by Gasteiger charge is -2.17. The van der Waals surface area contributed by atoms with Gasteiger partial charge in [-0.25, -0.2) is 4.90 Å². The minimum atomic E-state index is -1.46. The molecule has 98 valence electrons. The summed E-state index contributed by atoms with van der Waals surface area (Å²) in [6.45, 7) is 2.81. The van der Waals surface area contributed by atoms with Crippen molar-refractivity contribution in [1.82, 2.24) is 0 Å². The number of aliphatic hydroxyl groups is 1. The Bertz CT molecular complexity index is 560. The third kappa shape index (κ3) is 2.46. The number of Topliss-reactive ketones (excluding diaryl/α,β-unsaturated/α-hetero) is 1. The van der Waals surface area contributed by atoms with Crippen LogP contribution in [0.5, 0.6) is 0 Å². The molecule has 5 heteroatoms. The fraction of sp³-hybridized carbons (Fsp3) is 0.214. The van der Waals surface area contributed by atoms with Crippen LogP contribution in [0.2, 0.25) is 0 Å². The predicted octanol–water partition coefficient (Wildman–Crippen LogP) is 1.07. The molecule has 1 heterocycles. The highest BCUT2D eigenvalue weighted by Gasteiger charge is 2.27. The summed E-state index contributed by atoms with van der Waals surface area (Å²) in [5, 5.41) is 9.63. The summed E-state index contributed by atoms with van der Waals surface area (Å²) < 4.78 is 0. The van der Waals surface area contributed by atoms with Crippen molar-refractivity contribution in [2.24, 2.45) is 0 Å². The predicted molar refractivity (Wildman–Crippen MR) is 68.7 cm³/mol. The van der Waals surface area contributed by atoms with Gasteiger partial charge in [0.1, 0.15) is 5.60 Å². The second-order valence-corrected chi connectivity index (χ2v) is 4.78. The van der Waals surface area contributed by atoms with Gasteiger partial charge in [-0.3, -0.25) is 14.4 Å². The molecule has 1 aromatic rings. The van der Waals surface area contributed by atoms with Crippen LogP contribution < -0.4 is 4.90 Å². The first-order valence-electron chi connectivity index (χ1n) is 5.74. The fourth-order valence-electron chi connectivity index (χ4n) is 1.77. The molecule has 1 N–H and O–H groups in total. The molecule has 0 unspecified atom stereocenters. The van der Waals surface area contributed by atoms with Crippen LogP contribution >= 0.6 is 0 Å². The third-order valence-electron chi connectivity index (χ3n) is 2.75. The van der Waals surface area contributed by atoms with Gasteiger partial charge in [0.15, 0.2) is 5.78 Å². The molecule has 0 saturated carbocycles. The van der Waals surface area contributed by atoms with Crippen LogP contribution in [0.1, 0.15) is 24.2 Å². The van der Waals surface area contributed by atoms with Crippen molar-refractivity contribution in [2.45, 2.75) is 19.4 Å². The third-order valence-corrected chi connectivity index (χ3v) is 2.75. The Morgan fingerprint density at radius 2 is 1.53 bits per heavy atom. The van der Waals surface area contributed by atoms with Crippen molar-refractivity contribution >= 4 is 23.3 Å². The van der Waals surface area contributed by atoms with Crippen molar-refractivity contribution in [3.63, 3.8) is 0 Å². The van der Waals surface area contributed by atoms with Crippen molar-refractivity contribution in [2.75, 3.05) is 4.90 Å². The van der Waals surface area contributed by atoms with Gasteiger partial charge < -0.3 is 5.11 Å². The lowest BCUT2D eigenvalue weighted by atomic mass is 9.97. The number of benzene rings is 1. The number of nitrogens with zero attached hydrogens (tertiary/aromatic N) is 1. The Hall–Kier alpha value is -2.27. The number of amides is 2. The second kappa shape index (κ2) is 4.44. The average molecular weight is 259 g/mol. The SMILES string of the molecule is CC(C)(O)C(=O)c1ccc(N2C(=O)C=CC2=O)cc1. The number of hydrogen-bond donors (Lipinski definition) is 1. The first-order chi connectivity index (χ1) is 8.80. The highest BCUT2D eigenvalue weighted by molar-refractivity contribution is 6.28. The van der Waals surface area contributed by atoms with E-state index in [-0.39, 0.29) is 0 Å². The molecule has 0 bridgehead atoms. The summed E-state index contributed by atoms with van der Waals surface area (Å²) in [5.41, 5.74) is -0.738. The number of ketones is 1. The highest BCUT2D eigenvalue weighted by atomic mass is 16.3. The van der Waals surface area contributed by atoms with E-state index in [4.69, 9.17) is 0 Å². The maximum atomic E-state index is 11.8. The fourth-order valence-corrected chi connectivity index (χ4v) is 1.77. The minimum absolute atomic E-state index is 0.323. The molecular formula is C14H13NO4. The molecule has 5 nitrogen and oxygen atoms in total. The zero-order valence-corrected chi connectivity index (χ0v) is 10.6. The Morgan fingerprint density at radius 1 is 1.05 bits per heavy atom. The van der Waals surface area contributed by atoms with Crippen molar-refractivity contribution in [1.29, 1.82) is 0 Å². The number of rotatable bonds is 3. The molecule has 0 aliphatic carbocycles. The number of hydrogen-bond acceptors (Lipinski definition) is 4. The van der Waals surface area contributed by atoms with E-state index in [1.54, 1.807) is 0 Å². The lowest BCUT2D eigenvalue weighted by Crippen LogP contribution is -2.31. The van der Waals surface area contributed by atoms with E-state index in [9.17, 15) is 19.5 Å². The molecule has 1 aromatic carbocycles.